The molecular weight excluding hydrogens is 337 g/mol. The highest BCUT2D eigenvalue weighted by molar-refractivity contribution is 5.89. The van der Waals surface area contributed by atoms with Gasteiger partial charge in [-0.15, -0.1) is 24.8 Å². The molecule has 0 unspecified atom stereocenters. The van der Waals surface area contributed by atoms with Gasteiger partial charge in [0.1, 0.15) is 5.75 Å². The minimum absolute atomic E-state index is 0. The van der Waals surface area contributed by atoms with E-state index in [2.05, 4.69) is 4.98 Å². The molecule has 2 aromatic rings. The summed E-state index contributed by atoms with van der Waals surface area (Å²) in [6, 6.07) is 5.84. The molecule has 1 heterocycles. The maximum Gasteiger partial charge on any atom is 0.205 e. The Bertz CT molecular complexity index is 669. The molecule has 1 aromatic heterocycles. The minimum atomic E-state index is 0. The quantitative estimate of drug-likeness (QED) is 0.648. The van der Waals surface area contributed by atoms with Gasteiger partial charge in [-0.3, -0.25) is 5.41 Å². The highest BCUT2D eigenvalue weighted by atomic mass is 35.5. The lowest BCUT2D eigenvalue weighted by atomic mass is 10.1. The Morgan fingerprint density at radius 1 is 1.35 bits per heavy atom. The number of halogens is 2. The maximum absolute atomic E-state index is 7.56. The van der Waals surface area contributed by atoms with Gasteiger partial charge in [-0.2, -0.15) is 0 Å². The molecule has 0 aliphatic rings. The van der Waals surface area contributed by atoms with Gasteiger partial charge >= 0.3 is 0 Å². The average Bonchev–Trinajstić information content (AvgIpc) is 2.91. The van der Waals surface area contributed by atoms with Gasteiger partial charge < -0.3 is 14.0 Å². The molecule has 1 aromatic carbocycles. The Labute approximate surface area is 148 Å². The Hall–Kier alpha value is -1.98. The summed E-state index contributed by atoms with van der Waals surface area (Å²) in [5.41, 5.74) is 2.82. The molecule has 0 saturated carbocycles. The van der Waals surface area contributed by atoms with Crippen molar-refractivity contribution >= 4 is 36.8 Å². The molecule has 0 saturated heterocycles. The Morgan fingerprint density at radius 2 is 2.09 bits per heavy atom. The van der Waals surface area contributed by atoms with Crippen LogP contribution in [0.1, 0.15) is 18.2 Å². The average molecular weight is 358 g/mol. The Kier molecular flexibility index (Phi) is 9.07. The molecule has 126 valence electrons. The van der Waals surface area contributed by atoms with Crippen molar-refractivity contribution < 1.29 is 9.47 Å². The molecule has 0 spiro atoms. The number of rotatable bonds is 5. The third-order valence-electron chi connectivity index (χ3n) is 2.92. The first-order chi connectivity index (χ1) is 10.1. The SMILES string of the molecule is CCOC(=N)/C=C/c1ccc(-n2cnc(C)c2)c(OC)c1.Cl.Cl. The molecule has 1 N–H and O–H groups in total. The van der Waals surface area contributed by atoms with E-state index < -0.39 is 0 Å². The van der Waals surface area contributed by atoms with E-state index in [0.29, 0.717) is 6.61 Å². The number of nitrogens with zero attached hydrogens (tertiary/aromatic N) is 2. The molecule has 0 fully saturated rings. The first-order valence-electron chi connectivity index (χ1n) is 6.72. The zero-order valence-electron chi connectivity index (χ0n) is 13.3. The number of nitrogens with one attached hydrogen (secondary N) is 1. The van der Waals surface area contributed by atoms with Crippen molar-refractivity contribution in [3.63, 3.8) is 0 Å². The summed E-state index contributed by atoms with van der Waals surface area (Å²) < 4.78 is 12.4. The third kappa shape index (κ3) is 5.62. The molecule has 5 nitrogen and oxygen atoms in total. The van der Waals surface area contributed by atoms with Crippen LogP contribution >= 0.6 is 24.8 Å². The second-order valence-corrected chi connectivity index (χ2v) is 4.48. The fraction of sp³-hybridized carbons (Fsp3) is 0.250. The second kappa shape index (κ2) is 9.92. The summed E-state index contributed by atoms with van der Waals surface area (Å²) in [6.45, 7) is 4.29. The number of ether oxygens (including phenoxy) is 2. The highest BCUT2D eigenvalue weighted by Crippen LogP contribution is 2.25. The molecule has 0 radical (unpaired) electrons. The summed E-state index contributed by atoms with van der Waals surface area (Å²) in [4.78, 5) is 4.22. The van der Waals surface area contributed by atoms with Crippen molar-refractivity contribution in [2.75, 3.05) is 13.7 Å². The molecule has 23 heavy (non-hydrogen) atoms. The summed E-state index contributed by atoms with van der Waals surface area (Å²) in [5.74, 6) is 0.892. The van der Waals surface area contributed by atoms with E-state index in [0.717, 1.165) is 22.7 Å². The molecule has 0 aliphatic heterocycles. The first kappa shape index (κ1) is 21.0. The van der Waals surface area contributed by atoms with Crippen LogP contribution in [-0.2, 0) is 4.74 Å². The van der Waals surface area contributed by atoms with Gasteiger partial charge in [-0.1, -0.05) is 6.07 Å². The van der Waals surface area contributed by atoms with E-state index >= 15 is 0 Å². The standard InChI is InChI=1S/C16H19N3O2.2ClH/c1-4-21-16(17)8-6-13-5-7-14(15(9-13)20-3)19-10-12(2)18-11-19;;/h5-11,17H,4H2,1-3H3;2*1H/b8-6+,17-16?;;. The van der Waals surface area contributed by atoms with Gasteiger partial charge in [0.15, 0.2) is 0 Å². The second-order valence-electron chi connectivity index (χ2n) is 4.48. The number of hydrogen-bond acceptors (Lipinski definition) is 4. The van der Waals surface area contributed by atoms with Crippen molar-refractivity contribution in [2.24, 2.45) is 0 Å². The number of methoxy groups -OCH3 is 1. The van der Waals surface area contributed by atoms with Crippen LogP contribution in [0.5, 0.6) is 5.75 Å². The highest BCUT2D eigenvalue weighted by Gasteiger charge is 2.06. The van der Waals surface area contributed by atoms with Crippen molar-refractivity contribution in [3.05, 3.63) is 48.1 Å². The smallest absolute Gasteiger partial charge is 0.205 e. The van der Waals surface area contributed by atoms with Gasteiger partial charge in [0, 0.05) is 12.3 Å². The third-order valence-corrected chi connectivity index (χ3v) is 2.92. The van der Waals surface area contributed by atoms with Crippen molar-refractivity contribution in [2.45, 2.75) is 13.8 Å². The van der Waals surface area contributed by atoms with Crippen LogP contribution < -0.4 is 4.74 Å². The maximum atomic E-state index is 7.56. The van der Waals surface area contributed by atoms with Crippen molar-refractivity contribution in [1.82, 2.24) is 9.55 Å². The fourth-order valence-corrected chi connectivity index (χ4v) is 1.94. The fourth-order valence-electron chi connectivity index (χ4n) is 1.94. The van der Waals surface area contributed by atoms with Gasteiger partial charge in [0.2, 0.25) is 5.90 Å². The normalized spacial score (nSPS) is 9.87. The van der Waals surface area contributed by atoms with E-state index in [1.54, 1.807) is 19.5 Å². The summed E-state index contributed by atoms with van der Waals surface area (Å²) in [6.07, 6.45) is 7.15. The van der Waals surface area contributed by atoms with Gasteiger partial charge in [-0.25, -0.2) is 4.98 Å². The van der Waals surface area contributed by atoms with Gasteiger partial charge in [-0.05, 0) is 37.6 Å². The van der Waals surface area contributed by atoms with Gasteiger partial charge in [0.25, 0.3) is 0 Å². The van der Waals surface area contributed by atoms with Gasteiger partial charge in [0.05, 0.1) is 31.4 Å². The van der Waals surface area contributed by atoms with E-state index in [1.165, 1.54) is 0 Å². The lowest BCUT2D eigenvalue weighted by molar-refractivity contribution is 0.327. The lowest BCUT2D eigenvalue weighted by Crippen LogP contribution is -1.98. The van der Waals surface area contributed by atoms with Crippen LogP contribution in [-0.4, -0.2) is 29.2 Å². The topological polar surface area (TPSA) is 60.1 Å². The predicted octanol–water partition coefficient (Wildman–Crippen LogP) is 4.06. The number of aromatic nitrogens is 2. The Balaban J connectivity index is 0.00000242. The monoisotopic (exact) mass is 357 g/mol. The van der Waals surface area contributed by atoms with Crippen LogP contribution in [0.25, 0.3) is 11.8 Å². The molecular formula is C16H21Cl2N3O2. The Morgan fingerprint density at radius 3 is 2.65 bits per heavy atom. The number of benzene rings is 1. The molecule has 7 heteroatoms. The first-order valence-corrected chi connectivity index (χ1v) is 6.72. The molecule has 0 aliphatic carbocycles. The molecule has 0 bridgehead atoms. The molecule has 2 rings (SSSR count). The van der Waals surface area contributed by atoms with Crippen molar-refractivity contribution in [3.8, 4) is 11.4 Å². The van der Waals surface area contributed by atoms with E-state index in [4.69, 9.17) is 14.9 Å². The minimum Gasteiger partial charge on any atom is -0.495 e. The zero-order valence-corrected chi connectivity index (χ0v) is 14.9. The lowest BCUT2D eigenvalue weighted by Gasteiger charge is -2.10. The van der Waals surface area contributed by atoms with Crippen LogP contribution in [0, 0.1) is 12.3 Å². The zero-order chi connectivity index (χ0) is 15.2. The van der Waals surface area contributed by atoms with Crippen LogP contribution in [0.4, 0.5) is 0 Å². The van der Waals surface area contributed by atoms with Crippen LogP contribution in [0.15, 0.2) is 36.8 Å². The summed E-state index contributed by atoms with van der Waals surface area (Å²) in [7, 11) is 1.64. The predicted molar refractivity (Wildman–Crippen MR) is 97.7 cm³/mol. The summed E-state index contributed by atoms with van der Waals surface area (Å²) in [5, 5.41) is 7.56. The largest absolute Gasteiger partial charge is 0.495 e. The van der Waals surface area contributed by atoms with E-state index in [-0.39, 0.29) is 30.7 Å². The number of imidazole rings is 1. The molecule has 0 atom stereocenters. The van der Waals surface area contributed by atoms with E-state index in [9.17, 15) is 0 Å². The van der Waals surface area contributed by atoms with Crippen LogP contribution in [0.3, 0.4) is 0 Å². The van der Waals surface area contributed by atoms with Crippen molar-refractivity contribution in [1.29, 1.82) is 5.41 Å². The summed E-state index contributed by atoms with van der Waals surface area (Å²) >= 11 is 0. The number of aryl methyl sites for hydroxylation is 1. The van der Waals surface area contributed by atoms with E-state index in [1.807, 2.05) is 48.9 Å². The van der Waals surface area contributed by atoms with Crippen LogP contribution in [0.2, 0.25) is 0 Å². The number of hydrogen-bond donors (Lipinski definition) is 1. The molecule has 0 amide bonds.